The Hall–Kier alpha value is -4.20. The highest BCUT2D eigenvalue weighted by Crippen LogP contribution is 2.22. The number of benzene rings is 3. The van der Waals surface area contributed by atoms with Crippen LogP contribution in [0.15, 0.2) is 66.7 Å². The van der Waals surface area contributed by atoms with Crippen molar-refractivity contribution < 1.29 is 37.7 Å². The molecule has 0 aliphatic rings. The van der Waals surface area contributed by atoms with Gasteiger partial charge < -0.3 is 18.9 Å². The van der Waals surface area contributed by atoms with Gasteiger partial charge >= 0.3 is 17.9 Å². The number of hydrogen-bond donors (Lipinski definition) is 0. The first-order valence-electron chi connectivity index (χ1n) is 16.6. The minimum Gasteiger partial charge on any atom is -0.493 e. The Morgan fingerprint density at radius 1 is 0.609 bits per heavy atom. The molecule has 0 spiro atoms. The van der Waals surface area contributed by atoms with Gasteiger partial charge in [-0.05, 0) is 86.8 Å². The zero-order chi connectivity index (χ0) is 33.1. The van der Waals surface area contributed by atoms with Crippen LogP contribution in [0.5, 0.6) is 17.2 Å². The predicted molar refractivity (Wildman–Crippen MR) is 176 cm³/mol. The third-order valence-electron chi connectivity index (χ3n) is 7.55. The summed E-state index contributed by atoms with van der Waals surface area (Å²) in [5.41, 5.74) is 0.364. The zero-order valence-corrected chi connectivity index (χ0v) is 27.4. The lowest BCUT2D eigenvalue weighted by Gasteiger charge is -2.13. The van der Waals surface area contributed by atoms with E-state index in [1.165, 1.54) is 80.6 Å². The van der Waals surface area contributed by atoms with Crippen LogP contribution in [-0.4, -0.2) is 30.6 Å². The van der Waals surface area contributed by atoms with E-state index in [1.807, 2.05) is 6.92 Å². The summed E-state index contributed by atoms with van der Waals surface area (Å²) in [6, 6.07) is 15.9. The molecule has 0 N–H and O–H groups in total. The van der Waals surface area contributed by atoms with E-state index in [0.29, 0.717) is 17.9 Å². The smallest absolute Gasteiger partial charge is 0.346 e. The fourth-order valence-corrected chi connectivity index (χ4v) is 4.81. The van der Waals surface area contributed by atoms with Gasteiger partial charge in [-0.3, -0.25) is 0 Å². The average molecular weight is 635 g/mol. The number of rotatable bonds is 20. The van der Waals surface area contributed by atoms with E-state index < -0.39 is 23.7 Å². The summed E-state index contributed by atoms with van der Waals surface area (Å²) in [5.74, 6) is -1.90. The molecule has 0 aliphatic heterocycles. The monoisotopic (exact) mass is 634 g/mol. The van der Waals surface area contributed by atoms with Gasteiger partial charge in [-0.2, -0.15) is 0 Å². The van der Waals surface area contributed by atoms with Gasteiger partial charge in [-0.15, -0.1) is 0 Å². The highest BCUT2D eigenvalue weighted by molar-refractivity contribution is 5.93. The molecule has 0 amide bonds. The van der Waals surface area contributed by atoms with E-state index in [-0.39, 0.29) is 28.7 Å². The van der Waals surface area contributed by atoms with E-state index in [4.69, 9.17) is 18.9 Å². The van der Waals surface area contributed by atoms with Gasteiger partial charge in [0.25, 0.3) is 0 Å². The van der Waals surface area contributed by atoms with Crippen LogP contribution in [0.25, 0.3) is 0 Å². The second-order valence-electron chi connectivity index (χ2n) is 11.5. The van der Waals surface area contributed by atoms with E-state index in [0.717, 1.165) is 44.9 Å². The second kappa shape index (κ2) is 20.0. The SMILES string of the molecule is CCCCCCCCCOc1ccc(C(=O)Oc2ccc(C(=O)Oc3ccc(C(=O)OC(C)CCCCCC)cc3)cc2)c(F)c1. The fourth-order valence-electron chi connectivity index (χ4n) is 4.81. The van der Waals surface area contributed by atoms with Crippen molar-refractivity contribution in [2.24, 2.45) is 0 Å². The first-order valence-corrected chi connectivity index (χ1v) is 16.6. The van der Waals surface area contributed by atoms with Gasteiger partial charge in [0.2, 0.25) is 0 Å². The number of halogens is 1. The van der Waals surface area contributed by atoms with Crippen LogP contribution in [0, 0.1) is 5.82 Å². The normalized spacial score (nSPS) is 11.5. The Balaban J connectivity index is 1.44. The summed E-state index contributed by atoms with van der Waals surface area (Å²) in [5, 5.41) is 0. The van der Waals surface area contributed by atoms with Gasteiger partial charge in [0.05, 0.1) is 29.4 Å². The lowest BCUT2D eigenvalue weighted by molar-refractivity contribution is 0.0319. The summed E-state index contributed by atoms with van der Waals surface area (Å²) >= 11 is 0. The molecule has 3 rings (SSSR count). The average Bonchev–Trinajstić information content (AvgIpc) is 3.05. The third kappa shape index (κ3) is 12.7. The molecule has 0 radical (unpaired) electrons. The van der Waals surface area contributed by atoms with Crippen molar-refractivity contribution in [3.8, 4) is 17.2 Å². The molecule has 248 valence electrons. The molecular formula is C38H47FO7. The van der Waals surface area contributed by atoms with Crippen LogP contribution in [-0.2, 0) is 4.74 Å². The van der Waals surface area contributed by atoms with Crippen molar-refractivity contribution in [2.75, 3.05) is 6.61 Å². The largest absolute Gasteiger partial charge is 0.493 e. The van der Waals surface area contributed by atoms with Crippen LogP contribution < -0.4 is 14.2 Å². The van der Waals surface area contributed by atoms with Crippen molar-refractivity contribution in [2.45, 2.75) is 104 Å². The molecule has 1 atom stereocenters. The number of carbonyl (C=O) groups is 3. The van der Waals surface area contributed by atoms with E-state index in [2.05, 4.69) is 13.8 Å². The minimum absolute atomic E-state index is 0.141. The van der Waals surface area contributed by atoms with Crippen LogP contribution in [0.2, 0.25) is 0 Å². The van der Waals surface area contributed by atoms with Crippen molar-refractivity contribution in [3.63, 3.8) is 0 Å². The van der Waals surface area contributed by atoms with Gasteiger partial charge in [-0.25, -0.2) is 18.8 Å². The Morgan fingerprint density at radius 2 is 1.11 bits per heavy atom. The second-order valence-corrected chi connectivity index (χ2v) is 11.5. The molecule has 0 bridgehead atoms. The summed E-state index contributed by atoms with van der Waals surface area (Å²) in [4.78, 5) is 37.7. The number of hydrogen-bond acceptors (Lipinski definition) is 7. The summed E-state index contributed by atoms with van der Waals surface area (Å²) < 4.78 is 36.5. The molecule has 46 heavy (non-hydrogen) atoms. The van der Waals surface area contributed by atoms with Gasteiger partial charge in [0.15, 0.2) is 0 Å². The predicted octanol–water partition coefficient (Wildman–Crippen LogP) is 9.91. The Kier molecular flexibility index (Phi) is 15.8. The number of esters is 3. The van der Waals surface area contributed by atoms with E-state index in [9.17, 15) is 18.8 Å². The summed E-state index contributed by atoms with van der Waals surface area (Å²) in [7, 11) is 0. The molecule has 0 saturated carbocycles. The molecule has 0 heterocycles. The molecule has 3 aromatic carbocycles. The van der Waals surface area contributed by atoms with Crippen LogP contribution in [0.4, 0.5) is 4.39 Å². The molecule has 1 unspecified atom stereocenters. The molecule has 0 fully saturated rings. The molecule has 0 saturated heterocycles. The van der Waals surface area contributed by atoms with Gasteiger partial charge in [0, 0.05) is 6.07 Å². The highest BCUT2D eigenvalue weighted by Gasteiger charge is 2.17. The fraction of sp³-hybridized carbons (Fsp3) is 0.447. The van der Waals surface area contributed by atoms with E-state index >= 15 is 0 Å². The molecule has 7 nitrogen and oxygen atoms in total. The zero-order valence-electron chi connectivity index (χ0n) is 27.4. The maximum Gasteiger partial charge on any atom is 0.346 e. The van der Waals surface area contributed by atoms with Crippen LogP contribution in [0.3, 0.4) is 0 Å². The first kappa shape index (κ1) is 36.3. The first-order chi connectivity index (χ1) is 22.3. The molecular weight excluding hydrogens is 587 g/mol. The van der Waals surface area contributed by atoms with Crippen molar-refractivity contribution in [1.82, 2.24) is 0 Å². The van der Waals surface area contributed by atoms with Crippen LogP contribution >= 0.6 is 0 Å². The molecule has 0 aliphatic carbocycles. The topological polar surface area (TPSA) is 88.1 Å². The summed E-state index contributed by atoms with van der Waals surface area (Å²) in [6.45, 7) is 6.72. The van der Waals surface area contributed by atoms with Crippen molar-refractivity contribution in [1.29, 1.82) is 0 Å². The molecule has 8 heteroatoms. The minimum atomic E-state index is -0.865. The maximum atomic E-state index is 14.7. The van der Waals surface area contributed by atoms with Crippen molar-refractivity contribution in [3.05, 3.63) is 89.2 Å². The lowest BCUT2D eigenvalue weighted by Crippen LogP contribution is -2.15. The van der Waals surface area contributed by atoms with E-state index in [1.54, 1.807) is 18.2 Å². The number of ether oxygens (including phenoxy) is 4. The number of carbonyl (C=O) groups excluding carboxylic acids is 3. The van der Waals surface area contributed by atoms with Crippen LogP contribution in [0.1, 0.15) is 129 Å². The van der Waals surface area contributed by atoms with Gasteiger partial charge in [0.1, 0.15) is 23.1 Å². The summed E-state index contributed by atoms with van der Waals surface area (Å²) in [6.07, 6.45) is 13.2. The molecule has 3 aromatic rings. The Labute approximate surface area is 272 Å². The number of unbranched alkanes of at least 4 members (excludes halogenated alkanes) is 9. The third-order valence-corrected chi connectivity index (χ3v) is 7.55. The lowest BCUT2D eigenvalue weighted by atomic mass is 10.1. The van der Waals surface area contributed by atoms with Gasteiger partial charge in [-0.1, -0.05) is 71.6 Å². The Morgan fingerprint density at radius 3 is 1.70 bits per heavy atom. The Bertz CT molecular complexity index is 1370. The molecule has 0 aromatic heterocycles. The van der Waals surface area contributed by atoms with Crippen molar-refractivity contribution >= 4 is 17.9 Å². The highest BCUT2D eigenvalue weighted by atomic mass is 19.1. The quantitative estimate of drug-likeness (QED) is 0.0694. The maximum absolute atomic E-state index is 14.7. The standard InChI is InChI=1S/C38H47FO7/c1-4-6-8-10-11-12-14-26-43-33-24-25-34(35(39)27-33)38(42)46-32-22-18-30(19-23-32)37(41)45-31-20-16-29(17-21-31)36(40)44-28(3)15-13-9-7-5-2/h16-25,27-28H,4-15,26H2,1-3H3.